The SMILES string of the molecule is COC(=O)CC[Si-]12(Oc3ccccc3O1)Oc1ccccc1O2. The van der Waals surface area contributed by atoms with Gasteiger partial charge in [0.15, 0.2) is 0 Å². The van der Waals surface area contributed by atoms with Crippen LogP contribution in [0.4, 0.5) is 0 Å². The second kappa shape index (κ2) is 4.66. The fraction of sp³-hybridized carbons (Fsp3) is 0.188. The molecule has 7 heteroatoms. The summed E-state index contributed by atoms with van der Waals surface area (Å²) in [5.74, 6) is 1.84. The summed E-state index contributed by atoms with van der Waals surface area (Å²) in [4.78, 5) is 11.6. The van der Waals surface area contributed by atoms with E-state index in [1.165, 1.54) is 7.11 Å². The molecular formula is C16H15O6Si-. The Labute approximate surface area is 133 Å². The monoisotopic (exact) mass is 331 g/mol. The van der Waals surface area contributed by atoms with Crippen molar-refractivity contribution in [2.45, 2.75) is 12.5 Å². The van der Waals surface area contributed by atoms with Gasteiger partial charge in [0.05, 0.1) is 0 Å². The molecule has 0 atom stereocenters. The molecule has 23 heavy (non-hydrogen) atoms. The number of benzene rings is 2. The van der Waals surface area contributed by atoms with Gasteiger partial charge in [-0.05, 0) is 0 Å². The molecule has 0 amide bonds. The molecule has 2 aromatic rings. The van der Waals surface area contributed by atoms with E-state index < -0.39 is 8.33 Å². The molecule has 2 heterocycles. The van der Waals surface area contributed by atoms with E-state index in [0.717, 1.165) is 0 Å². The molecule has 2 aliphatic rings. The molecule has 0 fully saturated rings. The van der Waals surface area contributed by atoms with Crippen molar-refractivity contribution in [2.75, 3.05) is 7.11 Å². The molecule has 0 saturated carbocycles. The molecule has 4 rings (SSSR count). The predicted octanol–water partition coefficient (Wildman–Crippen LogP) is 2.88. The Morgan fingerprint density at radius 2 is 1.26 bits per heavy atom. The van der Waals surface area contributed by atoms with Gasteiger partial charge < -0.3 is 0 Å². The van der Waals surface area contributed by atoms with Gasteiger partial charge in [-0.15, -0.1) is 0 Å². The first-order chi connectivity index (χ1) is 11.1. The van der Waals surface area contributed by atoms with Crippen LogP contribution in [0.2, 0.25) is 6.04 Å². The van der Waals surface area contributed by atoms with Crippen molar-refractivity contribution >= 4 is 14.3 Å². The maximum atomic E-state index is 11.6. The number of methoxy groups -OCH3 is 1. The minimum absolute atomic E-state index is 0.0756. The third-order valence-electron chi connectivity index (χ3n) is 3.89. The second-order valence-electron chi connectivity index (χ2n) is 5.46. The number of carbonyl (C=O) groups excluding carboxylic acids is 1. The van der Waals surface area contributed by atoms with E-state index in [9.17, 15) is 4.79 Å². The van der Waals surface area contributed by atoms with Crippen molar-refractivity contribution in [1.82, 2.24) is 0 Å². The minimum atomic E-state index is -4.30. The molecule has 0 radical (unpaired) electrons. The summed E-state index contributed by atoms with van der Waals surface area (Å²) in [6, 6.07) is 14.7. The zero-order valence-electron chi connectivity index (χ0n) is 12.5. The van der Waals surface area contributed by atoms with Crippen molar-refractivity contribution in [3.8, 4) is 23.0 Å². The fourth-order valence-corrected chi connectivity index (χ4v) is 6.47. The van der Waals surface area contributed by atoms with Gasteiger partial charge >= 0.3 is 133 Å². The van der Waals surface area contributed by atoms with Crippen molar-refractivity contribution in [1.29, 1.82) is 0 Å². The Hall–Kier alpha value is -2.67. The van der Waals surface area contributed by atoms with Crippen molar-refractivity contribution in [3.05, 3.63) is 48.5 Å². The molecule has 0 unspecified atom stereocenters. The van der Waals surface area contributed by atoms with Crippen LogP contribution in [0.5, 0.6) is 23.0 Å². The first kappa shape index (κ1) is 14.0. The summed E-state index contributed by atoms with van der Waals surface area (Å²) >= 11 is 0. The second-order valence-corrected chi connectivity index (χ2v) is 8.93. The Morgan fingerprint density at radius 1 is 0.870 bits per heavy atom. The third-order valence-corrected chi connectivity index (χ3v) is 7.42. The maximum absolute atomic E-state index is 11.6. The quantitative estimate of drug-likeness (QED) is 0.636. The summed E-state index contributed by atoms with van der Waals surface area (Å²) < 4.78 is 29.1. The van der Waals surface area contributed by atoms with Crippen LogP contribution in [-0.2, 0) is 9.53 Å². The fourth-order valence-electron chi connectivity index (χ4n) is 2.82. The molecule has 120 valence electrons. The Kier molecular flexibility index (Phi) is 2.83. The van der Waals surface area contributed by atoms with Crippen LogP contribution in [-0.4, -0.2) is 21.4 Å². The number of rotatable bonds is 3. The number of esters is 1. The van der Waals surface area contributed by atoms with Gasteiger partial charge in [0.25, 0.3) is 0 Å². The number of fused-ring (bicyclic) bond motifs is 2. The van der Waals surface area contributed by atoms with Gasteiger partial charge in [-0.2, -0.15) is 0 Å². The van der Waals surface area contributed by atoms with Crippen LogP contribution in [0.1, 0.15) is 6.42 Å². The van der Waals surface area contributed by atoms with Gasteiger partial charge in [0.1, 0.15) is 0 Å². The van der Waals surface area contributed by atoms with E-state index >= 15 is 0 Å². The molecule has 2 aromatic carbocycles. The molecule has 1 spiro atoms. The summed E-state index contributed by atoms with van der Waals surface area (Å²) in [7, 11) is -2.96. The Morgan fingerprint density at radius 3 is 1.61 bits per heavy atom. The van der Waals surface area contributed by atoms with E-state index in [4.69, 9.17) is 22.4 Å². The zero-order valence-corrected chi connectivity index (χ0v) is 13.5. The number of carbonyl (C=O) groups is 1. The molecular weight excluding hydrogens is 316 g/mol. The van der Waals surface area contributed by atoms with E-state index in [2.05, 4.69) is 0 Å². The van der Waals surface area contributed by atoms with Crippen LogP contribution in [0.3, 0.4) is 0 Å². The summed E-state index contributed by atoms with van der Waals surface area (Å²) in [5.41, 5.74) is 0. The van der Waals surface area contributed by atoms with E-state index in [1.807, 2.05) is 24.3 Å². The summed E-state index contributed by atoms with van der Waals surface area (Å²) in [6.45, 7) is 0. The average molecular weight is 331 g/mol. The van der Waals surface area contributed by atoms with Gasteiger partial charge in [-0.25, -0.2) is 0 Å². The van der Waals surface area contributed by atoms with Crippen molar-refractivity contribution < 1.29 is 27.2 Å². The van der Waals surface area contributed by atoms with Crippen LogP contribution >= 0.6 is 0 Å². The first-order valence-corrected chi connectivity index (χ1v) is 9.65. The van der Waals surface area contributed by atoms with Crippen LogP contribution in [0.25, 0.3) is 0 Å². The molecule has 2 aliphatic heterocycles. The predicted molar refractivity (Wildman–Crippen MR) is 82.6 cm³/mol. The van der Waals surface area contributed by atoms with E-state index in [-0.39, 0.29) is 18.4 Å². The Balaban J connectivity index is 1.74. The van der Waals surface area contributed by atoms with Crippen LogP contribution in [0, 0.1) is 0 Å². The van der Waals surface area contributed by atoms with E-state index in [1.54, 1.807) is 24.3 Å². The van der Waals surface area contributed by atoms with Crippen LogP contribution in [0.15, 0.2) is 48.5 Å². The molecule has 0 saturated heterocycles. The molecule has 0 N–H and O–H groups in total. The summed E-state index contributed by atoms with van der Waals surface area (Å²) in [5, 5.41) is 0. The number of hydrogen-bond donors (Lipinski definition) is 0. The van der Waals surface area contributed by atoms with Gasteiger partial charge in [-0.3, -0.25) is 0 Å². The Bertz CT molecular complexity index is 677. The third kappa shape index (κ3) is 2.12. The van der Waals surface area contributed by atoms with Crippen LogP contribution < -0.4 is 17.7 Å². The molecule has 0 aliphatic carbocycles. The number of ether oxygens (including phenoxy) is 1. The van der Waals surface area contributed by atoms with Crippen molar-refractivity contribution in [3.63, 3.8) is 0 Å². The molecule has 0 bridgehead atoms. The first-order valence-electron chi connectivity index (χ1n) is 7.31. The van der Waals surface area contributed by atoms with E-state index in [0.29, 0.717) is 23.0 Å². The molecule has 0 aromatic heterocycles. The van der Waals surface area contributed by atoms with Gasteiger partial charge in [-0.1, -0.05) is 0 Å². The molecule has 6 nitrogen and oxygen atoms in total. The van der Waals surface area contributed by atoms with Crippen molar-refractivity contribution in [2.24, 2.45) is 0 Å². The van der Waals surface area contributed by atoms with Gasteiger partial charge in [0, 0.05) is 0 Å². The number of para-hydroxylation sites is 4. The summed E-state index contributed by atoms with van der Waals surface area (Å²) in [6.07, 6.45) is 0.0756. The zero-order chi connectivity index (χ0) is 15.9. The standard InChI is InChI=1S/C16H15O6Si/c1-18-16(17)10-11-23(19-12-6-2-3-7-13(12)20-23)21-14-8-4-5-9-15(14)22-23/h2-9H,10-11H2,1H3/q-1. The average Bonchev–Trinajstić information content (AvgIpc) is 3.07. The van der Waals surface area contributed by atoms with Gasteiger partial charge in [0.2, 0.25) is 0 Å². The normalized spacial score (nSPS) is 19.8. The topological polar surface area (TPSA) is 63.2 Å². The number of hydrogen-bond acceptors (Lipinski definition) is 6.